The monoisotopic (exact) mass is 310 g/mol. The van der Waals surface area contributed by atoms with Crippen molar-refractivity contribution >= 4 is 11.6 Å². The van der Waals surface area contributed by atoms with Crippen LogP contribution < -0.4 is 14.9 Å². The van der Waals surface area contributed by atoms with E-state index in [0.717, 1.165) is 17.0 Å². The Morgan fingerprint density at radius 1 is 1.17 bits per heavy atom. The quantitative estimate of drug-likeness (QED) is 0.883. The lowest BCUT2D eigenvalue weighted by Crippen LogP contribution is -2.34. The molecule has 0 radical (unpaired) electrons. The molecule has 0 bridgehead atoms. The number of carbonyl (C=O) groups is 1. The Kier molecular flexibility index (Phi) is 4.57. The Bertz CT molecular complexity index is 713. The van der Waals surface area contributed by atoms with Crippen LogP contribution in [0.4, 0.5) is 0 Å². The fourth-order valence-electron chi connectivity index (χ4n) is 2.31. The van der Waals surface area contributed by atoms with Gasteiger partial charge in [0.25, 0.3) is 5.91 Å². The lowest BCUT2D eigenvalue weighted by Gasteiger charge is -2.19. The molecule has 118 valence electrons. The van der Waals surface area contributed by atoms with E-state index in [0.29, 0.717) is 18.8 Å². The second-order valence-electron chi connectivity index (χ2n) is 5.20. The summed E-state index contributed by atoms with van der Waals surface area (Å²) in [5, 5.41) is 4.24. The van der Waals surface area contributed by atoms with Crippen LogP contribution in [-0.2, 0) is 4.79 Å². The van der Waals surface area contributed by atoms with Crippen LogP contribution in [0.15, 0.2) is 59.7 Å². The van der Waals surface area contributed by atoms with Gasteiger partial charge in [0.05, 0.1) is 12.3 Å². The molecule has 1 amide bonds. The molecule has 0 aromatic heterocycles. The third-order valence-electron chi connectivity index (χ3n) is 3.52. The molecule has 2 aromatic rings. The lowest BCUT2D eigenvalue weighted by molar-refractivity contribution is -0.127. The van der Waals surface area contributed by atoms with Gasteiger partial charge in [-0.1, -0.05) is 30.3 Å². The molecule has 5 heteroatoms. The van der Waals surface area contributed by atoms with E-state index in [1.54, 1.807) is 6.92 Å². The van der Waals surface area contributed by atoms with Gasteiger partial charge in [-0.3, -0.25) is 4.79 Å². The standard InChI is InChI=1S/C18H18N2O3/c1-13(23-14-7-3-2-4-8-14)18(21)20-19-16-11-12-22-17-10-6-5-9-15(16)17/h2-10,13H,11-12H2,1H3,(H,20,21)/b19-16-/t13-/m0/s1. The van der Waals surface area contributed by atoms with Crippen molar-refractivity contribution in [3.63, 3.8) is 0 Å². The number of fused-ring (bicyclic) bond motifs is 1. The summed E-state index contributed by atoms with van der Waals surface area (Å²) in [5.74, 6) is 1.16. The molecule has 23 heavy (non-hydrogen) atoms. The molecular formula is C18H18N2O3. The molecular weight excluding hydrogens is 292 g/mol. The van der Waals surface area contributed by atoms with Gasteiger partial charge >= 0.3 is 0 Å². The van der Waals surface area contributed by atoms with Crippen molar-refractivity contribution in [1.29, 1.82) is 0 Å². The van der Waals surface area contributed by atoms with Crippen LogP contribution in [0.3, 0.4) is 0 Å². The second kappa shape index (κ2) is 6.96. The van der Waals surface area contributed by atoms with Crippen molar-refractivity contribution in [1.82, 2.24) is 5.43 Å². The average Bonchev–Trinajstić information content (AvgIpc) is 2.60. The molecule has 2 aromatic carbocycles. The van der Waals surface area contributed by atoms with Gasteiger partial charge in [0.15, 0.2) is 6.10 Å². The molecule has 1 aliphatic heterocycles. The molecule has 0 fully saturated rings. The van der Waals surface area contributed by atoms with Crippen molar-refractivity contribution in [3.8, 4) is 11.5 Å². The molecule has 0 spiro atoms. The van der Waals surface area contributed by atoms with Gasteiger partial charge in [-0.2, -0.15) is 5.10 Å². The van der Waals surface area contributed by atoms with Gasteiger partial charge in [-0.05, 0) is 31.2 Å². The van der Waals surface area contributed by atoms with Gasteiger partial charge in [0.2, 0.25) is 0 Å². The van der Waals surface area contributed by atoms with Crippen LogP contribution in [0.25, 0.3) is 0 Å². The van der Waals surface area contributed by atoms with E-state index in [4.69, 9.17) is 9.47 Å². The number of hydrogen-bond donors (Lipinski definition) is 1. The second-order valence-corrected chi connectivity index (χ2v) is 5.20. The number of hydrogen-bond acceptors (Lipinski definition) is 4. The smallest absolute Gasteiger partial charge is 0.280 e. The summed E-state index contributed by atoms with van der Waals surface area (Å²) in [5.41, 5.74) is 4.31. The highest BCUT2D eigenvalue weighted by atomic mass is 16.5. The number of carbonyl (C=O) groups excluding carboxylic acids is 1. The maximum absolute atomic E-state index is 12.1. The van der Waals surface area contributed by atoms with Crippen molar-refractivity contribution in [2.75, 3.05) is 6.61 Å². The first-order valence-corrected chi connectivity index (χ1v) is 7.54. The Morgan fingerprint density at radius 2 is 1.91 bits per heavy atom. The van der Waals surface area contributed by atoms with Gasteiger partial charge in [0.1, 0.15) is 11.5 Å². The topological polar surface area (TPSA) is 59.9 Å². The zero-order chi connectivity index (χ0) is 16.1. The highest BCUT2D eigenvalue weighted by Crippen LogP contribution is 2.24. The van der Waals surface area contributed by atoms with Crippen LogP contribution in [0.5, 0.6) is 11.5 Å². The zero-order valence-electron chi connectivity index (χ0n) is 12.9. The first-order valence-electron chi connectivity index (χ1n) is 7.54. The number of nitrogens with zero attached hydrogens (tertiary/aromatic N) is 1. The molecule has 1 heterocycles. The third-order valence-corrected chi connectivity index (χ3v) is 3.52. The number of ether oxygens (including phenoxy) is 2. The van der Waals surface area contributed by atoms with E-state index in [2.05, 4.69) is 10.5 Å². The zero-order valence-corrected chi connectivity index (χ0v) is 12.9. The number of nitrogens with one attached hydrogen (secondary N) is 1. The summed E-state index contributed by atoms with van der Waals surface area (Å²) in [6, 6.07) is 16.9. The Balaban J connectivity index is 1.65. The van der Waals surface area contributed by atoms with Gasteiger partial charge in [-0.15, -0.1) is 0 Å². The predicted octanol–water partition coefficient (Wildman–Crippen LogP) is 2.76. The maximum Gasteiger partial charge on any atom is 0.280 e. The van der Waals surface area contributed by atoms with Crippen LogP contribution in [0.2, 0.25) is 0 Å². The molecule has 5 nitrogen and oxygen atoms in total. The number of rotatable bonds is 4. The third kappa shape index (κ3) is 3.69. The minimum absolute atomic E-state index is 0.287. The summed E-state index contributed by atoms with van der Waals surface area (Å²) in [6.45, 7) is 2.25. The summed E-state index contributed by atoms with van der Waals surface area (Å²) in [7, 11) is 0. The molecule has 1 N–H and O–H groups in total. The number of benzene rings is 2. The Labute approximate surface area is 134 Å². The predicted molar refractivity (Wildman–Crippen MR) is 87.8 cm³/mol. The largest absolute Gasteiger partial charge is 0.492 e. The molecule has 3 rings (SSSR count). The van der Waals surface area contributed by atoms with Crippen LogP contribution in [0, 0.1) is 0 Å². The Morgan fingerprint density at radius 3 is 2.74 bits per heavy atom. The van der Waals surface area contributed by atoms with Gasteiger partial charge < -0.3 is 9.47 Å². The minimum atomic E-state index is -0.628. The lowest BCUT2D eigenvalue weighted by atomic mass is 10.0. The van der Waals surface area contributed by atoms with E-state index < -0.39 is 6.10 Å². The minimum Gasteiger partial charge on any atom is -0.492 e. The maximum atomic E-state index is 12.1. The fraction of sp³-hybridized carbons (Fsp3) is 0.222. The van der Waals surface area contributed by atoms with Crippen molar-refractivity contribution in [3.05, 3.63) is 60.2 Å². The van der Waals surface area contributed by atoms with Crippen molar-refractivity contribution < 1.29 is 14.3 Å². The number of hydrazone groups is 1. The Hall–Kier alpha value is -2.82. The SMILES string of the molecule is C[C@H](Oc1ccccc1)C(=O)N/N=C1/CCOc2ccccc21. The highest BCUT2D eigenvalue weighted by molar-refractivity contribution is 6.04. The van der Waals surface area contributed by atoms with E-state index in [-0.39, 0.29) is 5.91 Å². The molecule has 1 aliphatic rings. The van der Waals surface area contributed by atoms with Crippen molar-refractivity contribution in [2.45, 2.75) is 19.4 Å². The first-order chi connectivity index (χ1) is 11.2. The van der Waals surface area contributed by atoms with Crippen LogP contribution in [0.1, 0.15) is 18.9 Å². The van der Waals surface area contributed by atoms with Crippen LogP contribution in [-0.4, -0.2) is 24.3 Å². The molecule has 0 unspecified atom stereocenters. The number of para-hydroxylation sites is 2. The van der Waals surface area contributed by atoms with E-state index in [9.17, 15) is 4.79 Å². The summed E-state index contributed by atoms with van der Waals surface area (Å²) >= 11 is 0. The highest BCUT2D eigenvalue weighted by Gasteiger charge is 2.18. The molecule has 0 saturated carbocycles. The number of amides is 1. The summed E-state index contributed by atoms with van der Waals surface area (Å²) in [4.78, 5) is 12.1. The summed E-state index contributed by atoms with van der Waals surface area (Å²) in [6.07, 6.45) is 0.0300. The molecule has 0 aliphatic carbocycles. The molecule has 0 saturated heterocycles. The average molecular weight is 310 g/mol. The normalized spacial score (nSPS) is 16.1. The first kappa shape index (κ1) is 15.1. The van der Waals surface area contributed by atoms with Crippen LogP contribution >= 0.6 is 0 Å². The van der Waals surface area contributed by atoms with E-state index in [1.807, 2.05) is 54.6 Å². The molecule has 1 atom stereocenters. The van der Waals surface area contributed by atoms with Crippen molar-refractivity contribution in [2.24, 2.45) is 5.10 Å². The summed E-state index contributed by atoms with van der Waals surface area (Å²) < 4.78 is 11.1. The van der Waals surface area contributed by atoms with Gasteiger partial charge in [-0.25, -0.2) is 5.43 Å². The van der Waals surface area contributed by atoms with Gasteiger partial charge in [0, 0.05) is 12.0 Å². The fourth-order valence-corrected chi connectivity index (χ4v) is 2.31. The van der Waals surface area contributed by atoms with E-state index in [1.165, 1.54) is 0 Å². The van der Waals surface area contributed by atoms with E-state index >= 15 is 0 Å².